The van der Waals surface area contributed by atoms with Crippen LogP contribution < -0.4 is 10.1 Å². The summed E-state index contributed by atoms with van der Waals surface area (Å²) in [4.78, 5) is 35.4. The van der Waals surface area contributed by atoms with Gasteiger partial charge in [0.05, 0.1) is 30.1 Å². The Hall–Kier alpha value is -3.35. The SMILES string of the molecule is CCCCN1C(=O)C[C@H](C(=O)Nc2nc3ccccc3[nH]2)[C@H]1c1ccc(OC)cc1. The maximum absolute atomic E-state index is 13.2. The number of carbonyl (C=O) groups excluding carboxylic acids is 2. The number of nitrogens with zero attached hydrogens (tertiary/aromatic N) is 2. The van der Waals surface area contributed by atoms with Gasteiger partial charge in [0.25, 0.3) is 0 Å². The number of methoxy groups -OCH3 is 1. The van der Waals surface area contributed by atoms with Crippen molar-refractivity contribution in [3.8, 4) is 5.75 Å². The van der Waals surface area contributed by atoms with Crippen LogP contribution in [0, 0.1) is 5.92 Å². The molecule has 2 amide bonds. The molecular formula is C23H26N4O3. The number of unbranched alkanes of at least 4 members (excludes halogenated alkanes) is 1. The smallest absolute Gasteiger partial charge is 0.232 e. The molecule has 1 aliphatic heterocycles. The second-order valence-electron chi connectivity index (χ2n) is 7.56. The van der Waals surface area contributed by atoms with E-state index in [4.69, 9.17) is 4.74 Å². The number of imidazole rings is 1. The topological polar surface area (TPSA) is 87.3 Å². The Bertz CT molecular complexity index is 1010. The number of para-hydroxylation sites is 2. The quantitative estimate of drug-likeness (QED) is 0.623. The van der Waals surface area contributed by atoms with Crippen molar-refractivity contribution < 1.29 is 14.3 Å². The van der Waals surface area contributed by atoms with E-state index in [1.54, 1.807) is 7.11 Å². The van der Waals surface area contributed by atoms with E-state index in [1.807, 2.05) is 53.4 Å². The highest BCUT2D eigenvalue weighted by Gasteiger charge is 2.44. The summed E-state index contributed by atoms with van der Waals surface area (Å²) in [5, 5.41) is 2.88. The highest BCUT2D eigenvalue weighted by atomic mass is 16.5. The molecule has 0 saturated carbocycles. The molecule has 0 unspecified atom stereocenters. The minimum absolute atomic E-state index is 0.00836. The molecule has 1 aliphatic rings. The number of aromatic amines is 1. The molecule has 2 atom stereocenters. The second-order valence-corrected chi connectivity index (χ2v) is 7.56. The number of carbonyl (C=O) groups is 2. The van der Waals surface area contributed by atoms with E-state index in [9.17, 15) is 9.59 Å². The van der Waals surface area contributed by atoms with Gasteiger partial charge in [0.2, 0.25) is 17.8 Å². The number of rotatable bonds is 7. The van der Waals surface area contributed by atoms with E-state index in [-0.39, 0.29) is 24.3 Å². The predicted molar refractivity (Wildman–Crippen MR) is 115 cm³/mol. The third-order valence-corrected chi connectivity index (χ3v) is 5.61. The molecule has 7 nitrogen and oxygen atoms in total. The largest absolute Gasteiger partial charge is 0.497 e. The predicted octanol–water partition coefficient (Wildman–Crippen LogP) is 3.90. The summed E-state index contributed by atoms with van der Waals surface area (Å²) < 4.78 is 5.25. The molecule has 2 aromatic carbocycles. The Morgan fingerprint density at radius 3 is 2.70 bits per heavy atom. The Morgan fingerprint density at radius 2 is 2.00 bits per heavy atom. The Morgan fingerprint density at radius 1 is 1.23 bits per heavy atom. The van der Waals surface area contributed by atoms with Crippen LogP contribution in [0.4, 0.5) is 5.95 Å². The van der Waals surface area contributed by atoms with Gasteiger partial charge in [0, 0.05) is 13.0 Å². The molecule has 2 N–H and O–H groups in total. The first-order valence-electron chi connectivity index (χ1n) is 10.3. The van der Waals surface area contributed by atoms with Gasteiger partial charge in [-0.3, -0.25) is 14.9 Å². The number of anilines is 1. The van der Waals surface area contributed by atoms with Gasteiger partial charge in [0.15, 0.2) is 0 Å². The van der Waals surface area contributed by atoms with Crippen LogP contribution in [0.25, 0.3) is 11.0 Å². The van der Waals surface area contributed by atoms with Crippen LogP contribution in [0.3, 0.4) is 0 Å². The van der Waals surface area contributed by atoms with Gasteiger partial charge in [-0.2, -0.15) is 0 Å². The lowest BCUT2D eigenvalue weighted by atomic mass is 9.92. The van der Waals surface area contributed by atoms with Gasteiger partial charge in [-0.15, -0.1) is 0 Å². The lowest BCUT2D eigenvalue weighted by Crippen LogP contribution is -2.33. The van der Waals surface area contributed by atoms with E-state index in [2.05, 4.69) is 22.2 Å². The first kappa shape index (κ1) is 19.9. The molecule has 0 aliphatic carbocycles. The zero-order valence-electron chi connectivity index (χ0n) is 17.2. The molecule has 0 radical (unpaired) electrons. The molecule has 4 rings (SSSR count). The van der Waals surface area contributed by atoms with Crippen LogP contribution in [0.5, 0.6) is 5.75 Å². The average molecular weight is 406 g/mol. The van der Waals surface area contributed by atoms with Crippen molar-refractivity contribution in [1.29, 1.82) is 0 Å². The summed E-state index contributed by atoms with van der Waals surface area (Å²) in [7, 11) is 1.62. The maximum atomic E-state index is 13.2. The molecular weight excluding hydrogens is 380 g/mol. The fraction of sp³-hybridized carbons (Fsp3) is 0.348. The van der Waals surface area contributed by atoms with E-state index in [0.29, 0.717) is 12.5 Å². The Balaban J connectivity index is 1.61. The van der Waals surface area contributed by atoms with E-state index < -0.39 is 5.92 Å². The van der Waals surface area contributed by atoms with Crippen LogP contribution in [-0.2, 0) is 9.59 Å². The average Bonchev–Trinajstić information content (AvgIpc) is 3.32. The molecule has 156 valence electrons. The lowest BCUT2D eigenvalue weighted by Gasteiger charge is -2.28. The number of hydrogen-bond acceptors (Lipinski definition) is 4. The molecule has 1 aromatic heterocycles. The fourth-order valence-corrected chi connectivity index (χ4v) is 4.05. The minimum Gasteiger partial charge on any atom is -0.497 e. The number of aromatic nitrogens is 2. The first-order valence-corrected chi connectivity index (χ1v) is 10.3. The summed E-state index contributed by atoms with van der Waals surface area (Å²) in [5.41, 5.74) is 2.57. The summed E-state index contributed by atoms with van der Waals surface area (Å²) >= 11 is 0. The van der Waals surface area contributed by atoms with Crippen molar-refractivity contribution >= 4 is 28.8 Å². The van der Waals surface area contributed by atoms with Crippen molar-refractivity contribution in [1.82, 2.24) is 14.9 Å². The van der Waals surface area contributed by atoms with Crippen LogP contribution in [-0.4, -0.2) is 40.3 Å². The number of hydrogen-bond donors (Lipinski definition) is 2. The van der Waals surface area contributed by atoms with E-state index >= 15 is 0 Å². The number of amides is 2. The highest BCUT2D eigenvalue weighted by Crippen LogP contribution is 2.39. The van der Waals surface area contributed by atoms with Crippen LogP contribution >= 0.6 is 0 Å². The minimum atomic E-state index is -0.490. The molecule has 1 saturated heterocycles. The van der Waals surface area contributed by atoms with Gasteiger partial charge in [-0.1, -0.05) is 37.6 Å². The number of nitrogens with one attached hydrogen (secondary N) is 2. The molecule has 1 fully saturated rings. The van der Waals surface area contributed by atoms with Crippen molar-refractivity contribution in [2.45, 2.75) is 32.2 Å². The Labute approximate surface area is 175 Å². The normalized spacial score (nSPS) is 18.7. The van der Waals surface area contributed by atoms with Gasteiger partial charge in [-0.05, 0) is 36.2 Å². The molecule has 2 heterocycles. The molecule has 0 bridgehead atoms. The number of fused-ring (bicyclic) bond motifs is 1. The fourth-order valence-electron chi connectivity index (χ4n) is 4.05. The van der Waals surface area contributed by atoms with Gasteiger partial charge in [-0.25, -0.2) is 4.98 Å². The number of H-pyrrole nitrogens is 1. The van der Waals surface area contributed by atoms with Crippen molar-refractivity contribution in [2.24, 2.45) is 5.92 Å². The van der Waals surface area contributed by atoms with Crippen molar-refractivity contribution in [3.05, 3.63) is 54.1 Å². The van der Waals surface area contributed by atoms with Crippen molar-refractivity contribution in [3.63, 3.8) is 0 Å². The monoisotopic (exact) mass is 406 g/mol. The summed E-state index contributed by atoms with van der Waals surface area (Å²) in [6, 6.07) is 14.9. The second kappa shape index (κ2) is 8.57. The zero-order chi connectivity index (χ0) is 21.1. The molecule has 0 spiro atoms. The van der Waals surface area contributed by atoms with Gasteiger partial charge in [0.1, 0.15) is 5.75 Å². The third-order valence-electron chi connectivity index (χ3n) is 5.61. The van der Waals surface area contributed by atoms with Crippen LogP contribution in [0.15, 0.2) is 48.5 Å². The lowest BCUT2D eigenvalue weighted by molar-refractivity contribution is -0.129. The summed E-state index contributed by atoms with van der Waals surface area (Å²) in [6.45, 7) is 2.73. The standard InChI is InChI=1S/C23H26N4O3/c1-3-4-13-27-20(28)14-17(21(27)15-9-11-16(30-2)12-10-15)22(29)26-23-24-18-7-5-6-8-19(18)25-23/h5-12,17,21H,3-4,13-14H2,1-2H3,(H2,24,25,26,29)/t17-,21+/m0/s1. The summed E-state index contributed by atoms with van der Waals surface area (Å²) in [5.74, 6) is 0.452. The highest BCUT2D eigenvalue weighted by molar-refractivity contribution is 5.97. The van der Waals surface area contributed by atoms with E-state index in [1.165, 1.54) is 0 Å². The first-order chi connectivity index (χ1) is 14.6. The van der Waals surface area contributed by atoms with Gasteiger partial charge < -0.3 is 14.6 Å². The van der Waals surface area contributed by atoms with Gasteiger partial charge >= 0.3 is 0 Å². The number of likely N-dealkylation sites (tertiary alicyclic amines) is 1. The molecule has 3 aromatic rings. The summed E-state index contributed by atoms with van der Waals surface area (Å²) in [6.07, 6.45) is 2.07. The maximum Gasteiger partial charge on any atom is 0.232 e. The van der Waals surface area contributed by atoms with Crippen LogP contribution in [0.2, 0.25) is 0 Å². The third kappa shape index (κ3) is 3.87. The molecule has 30 heavy (non-hydrogen) atoms. The Kier molecular flexibility index (Phi) is 5.70. The zero-order valence-corrected chi connectivity index (χ0v) is 17.2. The number of benzene rings is 2. The number of ether oxygens (including phenoxy) is 1. The van der Waals surface area contributed by atoms with E-state index in [0.717, 1.165) is 35.2 Å². The van der Waals surface area contributed by atoms with Crippen LogP contribution in [0.1, 0.15) is 37.8 Å². The molecule has 7 heteroatoms. The van der Waals surface area contributed by atoms with Crippen molar-refractivity contribution in [2.75, 3.05) is 19.0 Å².